The molecule has 1 aromatic rings. The number of hydrogen-bond donors (Lipinski definition) is 1. The lowest BCUT2D eigenvalue weighted by Gasteiger charge is -2.21. The van der Waals surface area contributed by atoms with Crippen molar-refractivity contribution in [3.8, 4) is 0 Å². The highest BCUT2D eigenvalue weighted by atomic mass is 79.9. The highest BCUT2D eigenvalue weighted by Gasteiger charge is 2.30. The van der Waals surface area contributed by atoms with Crippen molar-refractivity contribution in [1.29, 1.82) is 0 Å². The molecule has 1 amide bonds. The molecule has 1 N–H and O–H groups in total. The van der Waals surface area contributed by atoms with Crippen LogP contribution in [0.5, 0.6) is 0 Å². The van der Waals surface area contributed by atoms with Gasteiger partial charge in [0, 0.05) is 35.4 Å². The zero-order valence-electron chi connectivity index (χ0n) is 13.7. The summed E-state index contributed by atoms with van der Waals surface area (Å²) < 4.78 is 1.01. The molecule has 0 radical (unpaired) electrons. The lowest BCUT2D eigenvalue weighted by molar-refractivity contribution is -0.116. The average molecular weight is 433 g/mol. The molecule has 1 saturated heterocycles. The predicted molar refractivity (Wildman–Crippen MR) is 108 cm³/mol. The molecular formula is C17H23BrClN3OS. The fraction of sp³-hybridized carbons (Fsp3) is 0.529. The van der Waals surface area contributed by atoms with Gasteiger partial charge < -0.3 is 10.2 Å². The molecule has 3 rings (SSSR count). The van der Waals surface area contributed by atoms with E-state index in [-0.39, 0.29) is 24.4 Å². The molecule has 1 heterocycles. The van der Waals surface area contributed by atoms with E-state index in [4.69, 9.17) is 4.99 Å². The van der Waals surface area contributed by atoms with Gasteiger partial charge in [0.05, 0.1) is 6.04 Å². The SMILES string of the molecule is CN1C(=NC2CCCC2)SCC1CC(=O)Nc1ccc(Br)cc1.Cl. The Morgan fingerprint density at radius 2 is 2.00 bits per heavy atom. The van der Waals surface area contributed by atoms with Crippen molar-refractivity contribution in [3.05, 3.63) is 28.7 Å². The normalized spacial score (nSPS) is 22.7. The number of benzene rings is 1. The molecule has 1 aromatic carbocycles. The highest BCUT2D eigenvalue weighted by Crippen LogP contribution is 2.28. The van der Waals surface area contributed by atoms with Crippen molar-refractivity contribution < 1.29 is 4.79 Å². The molecule has 4 nitrogen and oxygen atoms in total. The van der Waals surface area contributed by atoms with Gasteiger partial charge in [0.15, 0.2) is 5.17 Å². The Bertz CT molecular complexity index is 590. The molecule has 1 aliphatic carbocycles. The van der Waals surface area contributed by atoms with Crippen LogP contribution >= 0.6 is 40.1 Å². The van der Waals surface area contributed by atoms with Crippen LogP contribution in [0.1, 0.15) is 32.1 Å². The van der Waals surface area contributed by atoms with E-state index in [0.29, 0.717) is 12.5 Å². The fourth-order valence-electron chi connectivity index (χ4n) is 3.01. The fourth-order valence-corrected chi connectivity index (χ4v) is 4.54. The molecule has 2 aliphatic rings. The minimum atomic E-state index is 0. The smallest absolute Gasteiger partial charge is 0.226 e. The number of aliphatic imine (C=N–C) groups is 1. The lowest BCUT2D eigenvalue weighted by atomic mass is 10.2. The third-order valence-electron chi connectivity index (χ3n) is 4.42. The Hall–Kier alpha value is -0.720. The number of carbonyl (C=O) groups excluding carboxylic acids is 1. The minimum absolute atomic E-state index is 0. The summed E-state index contributed by atoms with van der Waals surface area (Å²) >= 11 is 5.18. The first-order valence-corrected chi connectivity index (χ1v) is 9.88. The third-order valence-corrected chi connectivity index (χ3v) is 6.15. The van der Waals surface area contributed by atoms with Crippen LogP contribution in [0.4, 0.5) is 5.69 Å². The van der Waals surface area contributed by atoms with Crippen molar-refractivity contribution in [2.45, 2.75) is 44.2 Å². The minimum Gasteiger partial charge on any atom is -0.350 e. The molecule has 0 bridgehead atoms. The zero-order chi connectivity index (χ0) is 16.2. The first-order valence-electron chi connectivity index (χ1n) is 8.10. The van der Waals surface area contributed by atoms with Gasteiger partial charge >= 0.3 is 0 Å². The van der Waals surface area contributed by atoms with Gasteiger partial charge in [0.2, 0.25) is 5.91 Å². The summed E-state index contributed by atoms with van der Waals surface area (Å²) in [6.07, 6.45) is 5.53. The van der Waals surface area contributed by atoms with E-state index in [0.717, 1.165) is 21.1 Å². The van der Waals surface area contributed by atoms with Crippen LogP contribution in [-0.4, -0.2) is 40.9 Å². The summed E-state index contributed by atoms with van der Waals surface area (Å²) in [5, 5.41) is 4.08. The second kappa shape index (κ2) is 9.11. The third kappa shape index (κ3) is 5.14. The standard InChI is InChI=1S/C17H22BrN3OS.ClH/c1-21-15(11-23-17(21)20-13-4-2-3-5-13)10-16(22)19-14-8-6-12(18)7-9-14;/h6-9,13,15H,2-5,10-11H2,1H3,(H,19,22);1H. The van der Waals surface area contributed by atoms with Gasteiger partial charge in [-0.15, -0.1) is 12.4 Å². The van der Waals surface area contributed by atoms with Crippen molar-refractivity contribution in [2.24, 2.45) is 4.99 Å². The molecule has 1 atom stereocenters. The van der Waals surface area contributed by atoms with E-state index in [9.17, 15) is 4.79 Å². The zero-order valence-corrected chi connectivity index (χ0v) is 16.9. The summed E-state index contributed by atoms with van der Waals surface area (Å²) in [6, 6.07) is 8.40. The predicted octanol–water partition coefficient (Wildman–Crippen LogP) is 4.55. The van der Waals surface area contributed by atoms with Gasteiger partial charge in [0.25, 0.3) is 0 Å². The number of nitrogens with zero attached hydrogens (tertiary/aromatic N) is 2. The molecular weight excluding hydrogens is 410 g/mol. The molecule has 2 fully saturated rings. The second-order valence-electron chi connectivity index (χ2n) is 6.18. The average Bonchev–Trinajstić information content (AvgIpc) is 3.15. The molecule has 132 valence electrons. The number of halogens is 2. The van der Waals surface area contributed by atoms with Gasteiger partial charge in [-0.1, -0.05) is 40.5 Å². The van der Waals surface area contributed by atoms with Gasteiger partial charge in [0.1, 0.15) is 0 Å². The maximum atomic E-state index is 12.3. The van der Waals surface area contributed by atoms with Crippen molar-refractivity contribution in [1.82, 2.24) is 4.90 Å². The Balaban J connectivity index is 0.00000208. The monoisotopic (exact) mass is 431 g/mol. The summed E-state index contributed by atoms with van der Waals surface area (Å²) in [4.78, 5) is 19.3. The van der Waals surface area contributed by atoms with Gasteiger partial charge in [-0.05, 0) is 37.1 Å². The Morgan fingerprint density at radius 1 is 1.33 bits per heavy atom. The van der Waals surface area contributed by atoms with Gasteiger partial charge in [-0.3, -0.25) is 9.79 Å². The number of hydrogen-bond acceptors (Lipinski definition) is 3. The molecule has 0 spiro atoms. The maximum absolute atomic E-state index is 12.3. The number of anilines is 1. The van der Waals surface area contributed by atoms with Gasteiger partial charge in [-0.25, -0.2) is 0 Å². The van der Waals surface area contributed by atoms with Crippen LogP contribution in [0.15, 0.2) is 33.7 Å². The molecule has 7 heteroatoms. The quantitative estimate of drug-likeness (QED) is 0.759. The van der Waals surface area contributed by atoms with E-state index < -0.39 is 0 Å². The number of amides is 1. The number of carbonyl (C=O) groups is 1. The van der Waals surface area contributed by atoms with E-state index in [1.165, 1.54) is 25.7 Å². The van der Waals surface area contributed by atoms with Crippen molar-refractivity contribution in [3.63, 3.8) is 0 Å². The number of rotatable bonds is 4. The largest absolute Gasteiger partial charge is 0.350 e. The summed E-state index contributed by atoms with van der Waals surface area (Å²) in [6.45, 7) is 0. The van der Waals surface area contributed by atoms with E-state index in [1.54, 1.807) is 11.8 Å². The van der Waals surface area contributed by atoms with E-state index >= 15 is 0 Å². The second-order valence-corrected chi connectivity index (χ2v) is 8.09. The summed E-state index contributed by atoms with van der Waals surface area (Å²) in [7, 11) is 2.06. The lowest BCUT2D eigenvalue weighted by Crippen LogP contribution is -2.34. The van der Waals surface area contributed by atoms with E-state index in [1.807, 2.05) is 24.3 Å². The number of thioether (sulfide) groups is 1. The van der Waals surface area contributed by atoms with Gasteiger partial charge in [-0.2, -0.15) is 0 Å². The topological polar surface area (TPSA) is 44.7 Å². The van der Waals surface area contributed by atoms with E-state index in [2.05, 4.69) is 33.2 Å². The van der Waals surface area contributed by atoms with Crippen LogP contribution in [0.3, 0.4) is 0 Å². The van der Waals surface area contributed by atoms with Crippen LogP contribution in [0, 0.1) is 0 Å². The number of nitrogens with one attached hydrogen (secondary N) is 1. The highest BCUT2D eigenvalue weighted by molar-refractivity contribution is 9.10. The molecule has 1 aliphatic heterocycles. The van der Waals surface area contributed by atoms with Crippen LogP contribution < -0.4 is 5.32 Å². The maximum Gasteiger partial charge on any atom is 0.226 e. The number of amidine groups is 1. The summed E-state index contributed by atoms with van der Waals surface area (Å²) in [5.41, 5.74) is 0.839. The molecule has 1 unspecified atom stereocenters. The summed E-state index contributed by atoms with van der Waals surface area (Å²) in [5.74, 6) is 1.00. The Morgan fingerprint density at radius 3 is 2.67 bits per heavy atom. The Labute approximate surface area is 162 Å². The van der Waals surface area contributed by atoms with Crippen LogP contribution in [0.25, 0.3) is 0 Å². The van der Waals surface area contributed by atoms with Crippen LogP contribution in [-0.2, 0) is 4.79 Å². The first kappa shape index (κ1) is 19.6. The first-order chi connectivity index (χ1) is 11.1. The molecule has 0 aromatic heterocycles. The molecule has 1 saturated carbocycles. The van der Waals surface area contributed by atoms with Crippen LogP contribution in [0.2, 0.25) is 0 Å². The van der Waals surface area contributed by atoms with Crippen molar-refractivity contribution in [2.75, 3.05) is 18.1 Å². The Kier molecular flexibility index (Phi) is 7.44. The molecule has 24 heavy (non-hydrogen) atoms. The van der Waals surface area contributed by atoms with Crippen molar-refractivity contribution >= 4 is 56.9 Å².